The highest BCUT2D eigenvalue weighted by atomic mass is 16.4. The average Bonchev–Trinajstić information content (AvgIpc) is 2.49. The Bertz CT molecular complexity index is 597. The Kier molecular flexibility index (Phi) is 3.10. The smallest absolute Gasteiger partial charge is 0.147 e. The molecule has 5 nitrogen and oxygen atoms in total. The van der Waals surface area contributed by atoms with Crippen LogP contribution in [0.1, 0.15) is 17.8 Å². The lowest BCUT2D eigenvalue weighted by Crippen LogP contribution is -2.32. The SMILES string of the molecule is ON=C1CCN(Cc2ncccn2)c2ccccc21. The van der Waals surface area contributed by atoms with Crippen molar-refractivity contribution in [3.63, 3.8) is 0 Å². The van der Waals surface area contributed by atoms with E-state index in [1.807, 2.05) is 30.3 Å². The number of aromatic nitrogens is 2. The van der Waals surface area contributed by atoms with Crippen LogP contribution in [0.3, 0.4) is 0 Å². The van der Waals surface area contributed by atoms with Crippen molar-refractivity contribution in [2.24, 2.45) is 5.16 Å². The van der Waals surface area contributed by atoms with E-state index in [2.05, 4.69) is 20.0 Å². The van der Waals surface area contributed by atoms with Gasteiger partial charge in [-0.2, -0.15) is 0 Å². The van der Waals surface area contributed by atoms with Gasteiger partial charge >= 0.3 is 0 Å². The topological polar surface area (TPSA) is 61.6 Å². The van der Waals surface area contributed by atoms with Crippen LogP contribution >= 0.6 is 0 Å². The first kappa shape index (κ1) is 11.6. The van der Waals surface area contributed by atoms with Gasteiger partial charge in [-0.15, -0.1) is 0 Å². The minimum atomic E-state index is 0.663. The van der Waals surface area contributed by atoms with Crippen molar-refractivity contribution < 1.29 is 5.21 Å². The molecule has 0 spiro atoms. The Morgan fingerprint density at radius 2 is 1.95 bits per heavy atom. The van der Waals surface area contributed by atoms with Gasteiger partial charge in [-0.25, -0.2) is 9.97 Å². The molecule has 0 aliphatic carbocycles. The lowest BCUT2D eigenvalue weighted by molar-refractivity contribution is 0.317. The molecule has 0 bridgehead atoms. The number of hydrogen-bond acceptors (Lipinski definition) is 5. The minimum absolute atomic E-state index is 0.663. The van der Waals surface area contributed by atoms with E-state index < -0.39 is 0 Å². The van der Waals surface area contributed by atoms with Crippen molar-refractivity contribution in [1.29, 1.82) is 0 Å². The number of nitrogens with zero attached hydrogens (tertiary/aromatic N) is 4. The summed E-state index contributed by atoms with van der Waals surface area (Å²) in [6.45, 7) is 1.46. The monoisotopic (exact) mass is 254 g/mol. The van der Waals surface area contributed by atoms with Gasteiger partial charge in [0.05, 0.1) is 12.3 Å². The maximum atomic E-state index is 9.06. The molecular weight excluding hydrogens is 240 g/mol. The highest BCUT2D eigenvalue weighted by Crippen LogP contribution is 2.27. The third-order valence-electron chi connectivity index (χ3n) is 3.25. The summed E-state index contributed by atoms with van der Waals surface area (Å²) < 4.78 is 0. The lowest BCUT2D eigenvalue weighted by atomic mass is 9.99. The molecule has 1 N–H and O–H groups in total. The standard InChI is InChI=1S/C14H14N4O/c19-17-12-6-9-18(10-14-15-7-3-8-16-14)13-5-2-1-4-11(12)13/h1-5,7-8,19H,6,9-10H2. The zero-order valence-corrected chi connectivity index (χ0v) is 10.4. The van der Waals surface area contributed by atoms with Crippen molar-refractivity contribution in [3.8, 4) is 0 Å². The van der Waals surface area contributed by atoms with Gasteiger partial charge in [-0.05, 0) is 12.1 Å². The molecule has 0 fully saturated rings. The van der Waals surface area contributed by atoms with Crippen molar-refractivity contribution in [2.45, 2.75) is 13.0 Å². The Labute approximate surface area is 111 Å². The fraction of sp³-hybridized carbons (Fsp3) is 0.214. The van der Waals surface area contributed by atoms with Crippen LogP contribution in [0.15, 0.2) is 47.9 Å². The van der Waals surface area contributed by atoms with Gasteiger partial charge in [0.2, 0.25) is 0 Å². The molecule has 0 amide bonds. The van der Waals surface area contributed by atoms with Crippen LogP contribution in [0.4, 0.5) is 5.69 Å². The number of benzene rings is 1. The number of anilines is 1. The molecule has 0 saturated heterocycles. The van der Waals surface area contributed by atoms with E-state index >= 15 is 0 Å². The predicted octanol–water partition coefficient (Wildman–Crippen LogP) is 2.07. The maximum Gasteiger partial charge on any atom is 0.147 e. The number of oxime groups is 1. The summed E-state index contributed by atoms with van der Waals surface area (Å²) >= 11 is 0. The van der Waals surface area contributed by atoms with E-state index in [0.29, 0.717) is 6.54 Å². The highest BCUT2D eigenvalue weighted by molar-refractivity contribution is 6.06. The zero-order chi connectivity index (χ0) is 13.1. The van der Waals surface area contributed by atoms with Crippen LogP contribution in [-0.2, 0) is 6.54 Å². The first-order chi connectivity index (χ1) is 9.38. The maximum absolute atomic E-state index is 9.06. The second kappa shape index (κ2) is 5.06. The van der Waals surface area contributed by atoms with E-state index in [4.69, 9.17) is 5.21 Å². The molecule has 5 heteroatoms. The molecule has 3 rings (SSSR count). The Morgan fingerprint density at radius 3 is 2.74 bits per heavy atom. The number of para-hydroxylation sites is 1. The summed E-state index contributed by atoms with van der Waals surface area (Å²) in [4.78, 5) is 10.7. The van der Waals surface area contributed by atoms with Crippen LogP contribution in [0.2, 0.25) is 0 Å². The zero-order valence-electron chi connectivity index (χ0n) is 10.4. The average molecular weight is 254 g/mol. The van der Waals surface area contributed by atoms with Crippen molar-refractivity contribution in [2.75, 3.05) is 11.4 Å². The van der Waals surface area contributed by atoms with Crippen LogP contribution in [-0.4, -0.2) is 27.4 Å². The summed E-state index contributed by atoms with van der Waals surface area (Å²) in [6, 6.07) is 9.75. The molecule has 2 aromatic rings. The quantitative estimate of drug-likeness (QED) is 0.658. The van der Waals surface area contributed by atoms with Gasteiger partial charge in [-0.1, -0.05) is 23.4 Å². The van der Waals surface area contributed by atoms with E-state index in [1.54, 1.807) is 12.4 Å². The lowest BCUT2D eigenvalue weighted by Gasteiger charge is -2.30. The second-order valence-corrected chi connectivity index (χ2v) is 4.40. The largest absolute Gasteiger partial charge is 0.411 e. The predicted molar refractivity (Wildman–Crippen MR) is 72.5 cm³/mol. The molecule has 0 saturated carbocycles. The Morgan fingerprint density at radius 1 is 1.16 bits per heavy atom. The van der Waals surface area contributed by atoms with Crippen LogP contribution < -0.4 is 4.90 Å². The Balaban J connectivity index is 1.93. The highest BCUT2D eigenvalue weighted by Gasteiger charge is 2.22. The summed E-state index contributed by atoms with van der Waals surface area (Å²) in [5.74, 6) is 0.793. The fourth-order valence-electron chi connectivity index (χ4n) is 2.34. The molecule has 19 heavy (non-hydrogen) atoms. The number of fused-ring (bicyclic) bond motifs is 1. The molecule has 1 aliphatic rings. The Hall–Kier alpha value is -2.43. The molecule has 1 aromatic heterocycles. The summed E-state index contributed by atoms with van der Waals surface area (Å²) in [5.41, 5.74) is 2.78. The van der Waals surface area contributed by atoms with E-state index in [1.165, 1.54) is 0 Å². The van der Waals surface area contributed by atoms with Gasteiger partial charge in [0, 0.05) is 36.6 Å². The second-order valence-electron chi connectivity index (χ2n) is 4.40. The first-order valence-electron chi connectivity index (χ1n) is 6.19. The molecular formula is C14H14N4O. The van der Waals surface area contributed by atoms with Crippen LogP contribution in [0.25, 0.3) is 0 Å². The van der Waals surface area contributed by atoms with Gasteiger partial charge in [0.1, 0.15) is 5.82 Å². The van der Waals surface area contributed by atoms with Crippen molar-refractivity contribution in [3.05, 3.63) is 54.1 Å². The first-order valence-corrected chi connectivity index (χ1v) is 6.19. The molecule has 96 valence electrons. The number of rotatable bonds is 2. The summed E-state index contributed by atoms with van der Waals surface area (Å²) in [5, 5.41) is 12.4. The molecule has 0 atom stereocenters. The van der Waals surface area contributed by atoms with E-state index in [-0.39, 0.29) is 0 Å². The van der Waals surface area contributed by atoms with Crippen LogP contribution in [0.5, 0.6) is 0 Å². The third kappa shape index (κ3) is 2.27. The normalized spacial score (nSPS) is 16.4. The summed E-state index contributed by atoms with van der Waals surface area (Å²) in [7, 11) is 0. The van der Waals surface area contributed by atoms with Crippen molar-refractivity contribution in [1.82, 2.24) is 9.97 Å². The van der Waals surface area contributed by atoms with Crippen LogP contribution in [0, 0.1) is 0 Å². The molecule has 0 unspecified atom stereocenters. The van der Waals surface area contributed by atoms with Gasteiger partial charge < -0.3 is 10.1 Å². The summed E-state index contributed by atoms with van der Waals surface area (Å²) in [6.07, 6.45) is 4.22. The fourth-order valence-corrected chi connectivity index (χ4v) is 2.34. The molecule has 0 radical (unpaired) electrons. The van der Waals surface area contributed by atoms with Gasteiger partial charge in [-0.3, -0.25) is 0 Å². The third-order valence-corrected chi connectivity index (χ3v) is 3.25. The minimum Gasteiger partial charge on any atom is -0.411 e. The molecule has 2 heterocycles. The van der Waals surface area contributed by atoms with Gasteiger partial charge in [0.25, 0.3) is 0 Å². The number of hydrogen-bond donors (Lipinski definition) is 1. The van der Waals surface area contributed by atoms with Gasteiger partial charge in [0.15, 0.2) is 0 Å². The van der Waals surface area contributed by atoms with Crippen molar-refractivity contribution >= 4 is 11.4 Å². The molecule has 1 aromatic carbocycles. The molecule has 1 aliphatic heterocycles. The van der Waals surface area contributed by atoms with E-state index in [9.17, 15) is 0 Å². The van der Waals surface area contributed by atoms with E-state index in [0.717, 1.165) is 35.8 Å².